The van der Waals surface area contributed by atoms with Crippen molar-refractivity contribution in [2.45, 2.75) is 44.8 Å². The van der Waals surface area contributed by atoms with Crippen LogP contribution in [-0.4, -0.2) is 25.4 Å². The molecule has 0 aromatic rings. The lowest BCUT2D eigenvalue weighted by Crippen LogP contribution is -2.23. The quantitative estimate of drug-likeness (QED) is 0.604. The molecule has 0 spiro atoms. The van der Waals surface area contributed by atoms with Crippen LogP contribution >= 0.6 is 0 Å². The Bertz CT molecular complexity index is 143. The summed E-state index contributed by atoms with van der Waals surface area (Å²) in [6, 6.07) is 0. The van der Waals surface area contributed by atoms with E-state index in [1.165, 1.54) is 25.7 Å². The number of rotatable bonds is 3. The highest BCUT2D eigenvalue weighted by molar-refractivity contribution is 4.73. The summed E-state index contributed by atoms with van der Waals surface area (Å²) < 4.78 is 10.9. The molecular weight excluding hydrogens is 152 g/mol. The maximum Gasteiger partial charge on any atom is 0.104 e. The molecule has 0 aromatic heterocycles. The van der Waals surface area contributed by atoms with Gasteiger partial charge in [0.15, 0.2) is 0 Å². The van der Waals surface area contributed by atoms with E-state index in [0.717, 1.165) is 19.1 Å². The number of hydrogen-bond donors (Lipinski definition) is 0. The molecule has 12 heavy (non-hydrogen) atoms. The molecule has 2 rings (SSSR count). The monoisotopic (exact) mass is 170 g/mol. The largest absolute Gasteiger partial charge is 0.375 e. The molecule has 0 N–H and O–H groups in total. The van der Waals surface area contributed by atoms with Crippen molar-refractivity contribution in [3.05, 3.63) is 0 Å². The van der Waals surface area contributed by atoms with Gasteiger partial charge < -0.3 is 9.47 Å². The molecular formula is C10H18O2. The van der Waals surface area contributed by atoms with Gasteiger partial charge in [0.05, 0.1) is 19.3 Å². The van der Waals surface area contributed by atoms with Crippen molar-refractivity contribution in [2.75, 3.05) is 13.2 Å². The zero-order valence-corrected chi connectivity index (χ0v) is 7.79. The highest BCUT2D eigenvalue weighted by atomic mass is 16.6. The molecule has 0 amide bonds. The minimum atomic E-state index is 0.433. The normalized spacial score (nSPS) is 41.2. The minimum absolute atomic E-state index is 0.433. The van der Waals surface area contributed by atoms with Crippen molar-refractivity contribution in [1.82, 2.24) is 0 Å². The van der Waals surface area contributed by atoms with Crippen molar-refractivity contribution in [3.8, 4) is 0 Å². The highest BCUT2D eigenvalue weighted by Gasteiger charge is 2.26. The number of epoxide rings is 1. The highest BCUT2D eigenvalue weighted by Crippen LogP contribution is 2.26. The van der Waals surface area contributed by atoms with E-state index in [4.69, 9.17) is 9.47 Å². The van der Waals surface area contributed by atoms with Crippen LogP contribution in [0.3, 0.4) is 0 Å². The second-order valence-electron chi connectivity index (χ2n) is 4.18. The zero-order valence-electron chi connectivity index (χ0n) is 7.79. The molecule has 2 aliphatic rings. The lowest BCUT2D eigenvalue weighted by Gasteiger charge is -2.26. The molecule has 70 valence electrons. The fraction of sp³-hybridized carbons (Fsp3) is 1.00. The Labute approximate surface area is 74.2 Å². The summed E-state index contributed by atoms with van der Waals surface area (Å²) in [6.45, 7) is 4.07. The summed E-state index contributed by atoms with van der Waals surface area (Å²) in [4.78, 5) is 0. The summed E-state index contributed by atoms with van der Waals surface area (Å²) in [5.74, 6) is 0.865. The summed E-state index contributed by atoms with van der Waals surface area (Å²) >= 11 is 0. The standard InChI is InChI=1S/C10H18O2/c1-8-3-2-4-9(5-8)11-6-10-7-12-10/h8-10H,2-7H2,1H3/t8-,9?,10?/m1/s1. The molecule has 2 nitrogen and oxygen atoms in total. The number of ether oxygens (including phenoxy) is 2. The van der Waals surface area contributed by atoms with Gasteiger partial charge >= 0.3 is 0 Å². The third-order valence-electron chi connectivity index (χ3n) is 2.81. The molecule has 1 saturated carbocycles. The van der Waals surface area contributed by atoms with Crippen LogP contribution in [0.15, 0.2) is 0 Å². The molecule has 0 bridgehead atoms. The van der Waals surface area contributed by atoms with Gasteiger partial charge in [-0.15, -0.1) is 0 Å². The Morgan fingerprint density at radius 1 is 1.42 bits per heavy atom. The third kappa shape index (κ3) is 2.46. The van der Waals surface area contributed by atoms with Crippen LogP contribution in [0, 0.1) is 5.92 Å². The van der Waals surface area contributed by atoms with Gasteiger partial charge in [-0.1, -0.05) is 19.8 Å². The second-order valence-corrected chi connectivity index (χ2v) is 4.18. The van der Waals surface area contributed by atoms with E-state index in [1.54, 1.807) is 0 Å². The Kier molecular flexibility index (Phi) is 2.66. The predicted molar refractivity (Wildman–Crippen MR) is 47.1 cm³/mol. The van der Waals surface area contributed by atoms with Crippen molar-refractivity contribution >= 4 is 0 Å². The molecule has 1 saturated heterocycles. The van der Waals surface area contributed by atoms with E-state index in [9.17, 15) is 0 Å². The molecule has 2 fully saturated rings. The Morgan fingerprint density at radius 3 is 2.92 bits per heavy atom. The first-order valence-electron chi connectivity index (χ1n) is 5.08. The second kappa shape index (κ2) is 3.75. The molecule has 0 aromatic carbocycles. The average molecular weight is 170 g/mol. The van der Waals surface area contributed by atoms with Crippen LogP contribution < -0.4 is 0 Å². The maximum absolute atomic E-state index is 5.75. The molecule has 1 aliphatic heterocycles. The van der Waals surface area contributed by atoms with Crippen molar-refractivity contribution in [2.24, 2.45) is 5.92 Å². The van der Waals surface area contributed by atoms with Crippen LogP contribution in [-0.2, 0) is 9.47 Å². The van der Waals surface area contributed by atoms with Crippen LogP contribution in [0.5, 0.6) is 0 Å². The lowest BCUT2D eigenvalue weighted by molar-refractivity contribution is 0.00806. The van der Waals surface area contributed by atoms with Gasteiger partial charge in [0, 0.05) is 0 Å². The van der Waals surface area contributed by atoms with E-state index in [1.807, 2.05) is 0 Å². The maximum atomic E-state index is 5.75. The topological polar surface area (TPSA) is 21.8 Å². The Morgan fingerprint density at radius 2 is 2.25 bits per heavy atom. The lowest BCUT2D eigenvalue weighted by atomic mass is 9.89. The van der Waals surface area contributed by atoms with Crippen molar-refractivity contribution in [3.63, 3.8) is 0 Å². The predicted octanol–water partition coefficient (Wildman–Crippen LogP) is 1.98. The first-order chi connectivity index (χ1) is 5.84. The first-order valence-corrected chi connectivity index (χ1v) is 5.08. The molecule has 1 heterocycles. The van der Waals surface area contributed by atoms with Gasteiger partial charge in [-0.05, 0) is 18.8 Å². The van der Waals surface area contributed by atoms with Gasteiger partial charge in [0.2, 0.25) is 0 Å². The van der Waals surface area contributed by atoms with Gasteiger partial charge in [-0.2, -0.15) is 0 Å². The molecule has 2 unspecified atom stereocenters. The van der Waals surface area contributed by atoms with Gasteiger partial charge in [-0.3, -0.25) is 0 Å². The molecule has 3 atom stereocenters. The first kappa shape index (κ1) is 8.52. The average Bonchev–Trinajstić information content (AvgIpc) is 2.84. The SMILES string of the molecule is C[C@@H]1CCCC(OCC2CO2)C1. The zero-order chi connectivity index (χ0) is 8.39. The molecule has 1 aliphatic carbocycles. The minimum Gasteiger partial charge on any atom is -0.375 e. The van der Waals surface area contributed by atoms with Crippen LogP contribution in [0.1, 0.15) is 32.6 Å². The third-order valence-corrected chi connectivity index (χ3v) is 2.81. The molecule has 0 radical (unpaired) electrons. The summed E-state index contributed by atoms with van der Waals surface area (Å²) in [5.41, 5.74) is 0. The van der Waals surface area contributed by atoms with Gasteiger partial charge in [-0.25, -0.2) is 0 Å². The van der Waals surface area contributed by atoms with E-state index in [-0.39, 0.29) is 0 Å². The van der Waals surface area contributed by atoms with Crippen molar-refractivity contribution in [1.29, 1.82) is 0 Å². The van der Waals surface area contributed by atoms with Crippen LogP contribution in [0.4, 0.5) is 0 Å². The van der Waals surface area contributed by atoms with Crippen molar-refractivity contribution < 1.29 is 9.47 Å². The van der Waals surface area contributed by atoms with E-state index >= 15 is 0 Å². The molecule has 2 heteroatoms. The van der Waals surface area contributed by atoms with Gasteiger partial charge in [0.25, 0.3) is 0 Å². The summed E-state index contributed by atoms with van der Waals surface area (Å²) in [5, 5.41) is 0. The number of hydrogen-bond acceptors (Lipinski definition) is 2. The fourth-order valence-corrected chi connectivity index (χ4v) is 1.94. The van der Waals surface area contributed by atoms with Crippen LogP contribution in [0.2, 0.25) is 0 Å². The van der Waals surface area contributed by atoms with E-state index in [2.05, 4.69) is 6.92 Å². The van der Waals surface area contributed by atoms with E-state index in [0.29, 0.717) is 12.2 Å². The smallest absolute Gasteiger partial charge is 0.104 e. The van der Waals surface area contributed by atoms with Gasteiger partial charge in [0.1, 0.15) is 6.10 Å². The summed E-state index contributed by atoms with van der Waals surface area (Å²) in [6.07, 6.45) is 6.21. The van der Waals surface area contributed by atoms with E-state index < -0.39 is 0 Å². The van der Waals surface area contributed by atoms with Crippen LogP contribution in [0.25, 0.3) is 0 Å². The Hall–Kier alpha value is -0.0800. The summed E-state index contributed by atoms with van der Waals surface area (Å²) in [7, 11) is 0. The fourth-order valence-electron chi connectivity index (χ4n) is 1.94. The Balaban J connectivity index is 1.64.